The van der Waals surface area contributed by atoms with Crippen molar-refractivity contribution in [2.45, 2.75) is 36.6 Å². The van der Waals surface area contributed by atoms with Gasteiger partial charge < -0.3 is 5.11 Å². The van der Waals surface area contributed by atoms with Gasteiger partial charge in [0.25, 0.3) is 0 Å². The van der Waals surface area contributed by atoms with Crippen LogP contribution in [0, 0.1) is 0 Å². The molecule has 7 heteroatoms. The SMILES string of the molecule is O=C(O)CC1CCCCN1S(=O)(=O)c1cccnc1. The van der Waals surface area contributed by atoms with Gasteiger partial charge >= 0.3 is 5.97 Å². The van der Waals surface area contributed by atoms with Crippen LogP contribution in [0.4, 0.5) is 0 Å². The van der Waals surface area contributed by atoms with Crippen LogP contribution in [0.25, 0.3) is 0 Å². The van der Waals surface area contributed by atoms with Crippen LogP contribution in [-0.2, 0) is 14.8 Å². The number of carbonyl (C=O) groups is 1. The lowest BCUT2D eigenvalue weighted by atomic mass is 10.0. The smallest absolute Gasteiger partial charge is 0.304 e. The molecule has 1 aliphatic rings. The number of hydrogen-bond donors (Lipinski definition) is 1. The first-order valence-electron chi connectivity index (χ1n) is 6.15. The number of aliphatic carboxylic acids is 1. The molecule has 1 aromatic heterocycles. The predicted octanol–water partition coefficient (Wildman–Crippen LogP) is 1.10. The van der Waals surface area contributed by atoms with Crippen molar-refractivity contribution in [3.05, 3.63) is 24.5 Å². The fourth-order valence-corrected chi connectivity index (χ4v) is 3.99. The van der Waals surface area contributed by atoms with Crippen LogP contribution in [0.3, 0.4) is 0 Å². The number of carboxylic acids is 1. The van der Waals surface area contributed by atoms with Gasteiger partial charge in [-0.25, -0.2) is 8.42 Å². The largest absolute Gasteiger partial charge is 0.481 e. The molecule has 1 N–H and O–H groups in total. The van der Waals surface area contributed by atoms with Crippen molar-refractivity contribution in [3.63, 3.8) is 0 Å². The molecule has 1 aromatic rings. The van der Waals surface area contributed by atoms with E-state index in [-0.39, 0.29) is 11.3 Å². The zero-order valence-electron chi connectivity index (χ0n) is 10.4. The Labute approximate surface area is 112 Å². The lowest BCUT2D eigenvalue weighted by molar-refractivity contribution is -0.138. The third-order valence-corrected chi connectivity index (χ3v) is 5.16. The number of pyridine rings is 1. The lowest BCUT2D eigenvalue weighted by Crippen LogP contribution is -2.44. The molecule has 1 saturated heterocycles. The maximum absolute atomic E-state index is 12.5. The Bertz CT molecular complexity index is 544. The van der Waals surface area contributed by atoms with E-state index in [0.29, 0.717) is 13.0 Å². The fraction of sp³-hybridized carbons (Fsp3) is 0.500. The highest BCUT2D eigenvalue weighted by Gasteiger charge is 2.34. The van der Waals surface area contributed by atoms with E-state index in [1.807, 2.05) is 0 Å². The summed E-state index contributed by atoms with van der Waals surface area (Å²) in [6.45, 7) is 0.370. The highest BCUT2D eigenvalue weighted by molar-refractivity contribution is 7.89. The zero-order valence-corrected chi connectivity index (χ0v) is 11.2. The summed E-state index contributed by atoms with van der Waals surface area (Å²) >= 11 is 0. The molecule has 6 nitrogen and oxygen atoms in total. The van der Waals surface area contributed by atoms with Gasteiger partial charge in [0.05, 0.1) is 6.42 Å². The molecule has 0 saturated carbocycles. The number of rotatable bonds is 4. The molecule has 0 aliphatic carbocycles. The van der Waals surface area contributed by atoms with Crippen LogP contribution in [0.15, 0.2) is 29.4 Å². The summed E-state index contributed by atoms with van der Waals surface area (Å²) in [7, 11) is -3.65. The van der Waals surface area contributed by atoms with Gasteiger partial charge in [0.15, 0.2) is 0 Å². The maximum atomic E-state index is 12.5. The standard InChI is InChI=1S/C12H16N2O4S/c15-12(16)8-10-4-1-2-7-14(10)19(17,18)11-5-3-6-13-9-11/h3,5-6,9-10H,1-2,4,7-8H2,(H,15,16). The number of nitrogens with zero attached hydrogens (tertiary/aromatic N) is 2. The molecular weight excluding hydrogens is 268 g/mol. The number of hydrogen-bond acceptors (Lipinski definition) is 4. The number of piperidine rings is 1. The zero-order chi connectivity index (χ0) is 13.9. The summed E-state index contributed by atoms with van der Waals surface area (Å²) < 4.78 is 26.3. The third kappa shape index (κ3) is 3.10. The topological polar surface area (TPSA) is 87.6 Å². The third-order valence-electron chi connectivity index (χ3n) is 3.22. The Morgan fingerprint density at radius 2 is 2.26 bits per heavy atom. The first kappa shape index (κ1) is 14.0. The molecule has 104 valence electrons. The average Bonchev–Trinajstić information content (AvgIpc) is 2.39. The Morgan fingerprint density at radius 3 is 2.89 bits per heavy atom. The highest BCUT2D eigenvalue weighted by atomic mass is 32.2. The normalized spacial score (nSPS) is 21.2. The van der Waals surface area contributed by atoms with Gasteiger partial charge in [-0.15, -0.1) is 0 Å². The molecule has 2 heterocycles. The average molecular weight is 284 g/mol. The molecule has 1 unspecified atom stereocenters. The molecule has 1 fully saturated rings. The van der Waals surface area contributed by atoms with Crippen molar-refractivity contribution >= 4 is 16.0 Å². The van der Waals surface area contributed by atoms with E-state index in [0.717, 1.165) is 12.8 Å². The molecule has 0 bridgehead atoms. The molecule has 19 heavy (non-hydrogen) atoms. The minimum absolute atomic E-state index is 0.118. The Morgan fingerprint density at radius 1 is 1.47 bits per heavy atom. The minimum Gasteiger partial charge on any atom is -0.481 e. The van der Waals surface area contributed by atoms with Gasteiger partial charge in [0, 0.05) is 25.0 Å². The first-order chi connectivity index (χ1) is 9.01. The molecule has 1 aliphatic heterocycles. The fourth-order valence-electron chi connectivity index (χ4n) is 2.33. The maximum Gasteiger partial charge on any atom is 0.304 e. The van der Waals surface area contributed by atoms with Gasteiger partial charge in [-0.05, 0) is 25.0 Å². The second kappa shape index (κ2) is 5.66. The predicted molar refractivity (Wildman–Crippen MR) is 68.0 cm³/mol. The number of carboxylic acid groups (broad SMARTS) is 1. The van der Waals surface area contributed by atoms with Crippen LogP contribution >= 0.6 is 0 Å². The van der Waals surface area contributed by atoms with Crippen molar-refractivity contribution in [2.75, 3.05) is 6.54 Å². The van der Waals surface area contributed by atoms with E-state index >= 15 is 0 Å². The first-order valence-corrected chi connectivity index (χ1v) is 7.59. The van der Waals surface area contributed by atoms with E-state index in [9.17, 15) is 13.2 Å². The summed E-state index contributed by atoms with van der Waals surface area (Å²) in [5, 5.41) is 8.89. The van der Waals surface area contributed by atoms with E-state index in [4.69, 9.17) is 5.11 Å². The van der Waals surface area contributed by atoms with Crippen LogP contribution in [0.5, 0.6) is 0 Å². The Kier molecular flexibility index (Phi) is 4.16. The second-order valence-electron chi connectivity index (χ2n) is 4.55. The van der Waals surface area contributed by atoms with Gasteiger partial charge in [-0.3, -0.25) is 9.78 Å². The minimum atomic E-state index is -3.65. The lowest BCUT2D eigenvalue weighted by Gasteiger charge is -2.33. The van der Waals surface area contributed by atoms with Crippen LogP contribution < -0.4 is 0 Å². The quantitative estimate of drug-likeness (QED) is 0.894. The molecule has 2 rings (SSSR count). The van der Waals surface area contributed by atoms with Crippen molar-refractivity contribution in [2.24, 2.45) is 0 Å². The summed E-state index contributed by atoms with van der Waals surface area (Å²) in [4.78, 5) is 14.8. The molecule has 0 spiro atoms. The molecular formula is C12H16N2O4S. The van der Waals surface area contributed by atoms with E-state index < -0.39 is 22.0 Å². The van der Waals surface area contributed by atoms with Crippen LogP contribution in [0.1, 0.15) is 25.7 Å². The number of aromatic nitrogens is 1. The van der Waals surface area contributed by atoms with Crippen LogP contribution in [-0.4, -0.2) is 41.4 Å². The Balaban J connectivity index is 2.29. The summed E-state index contributed by atoms with van der Waals surface area (Å²) in [6, 6.07) is 2.58. The molecule has 0 radical (unpaired) electrons. The summed E-state index contributed by atoms with van der Waals surface area (Å²) in [5.74, 6) is -0.974. The highest BCUT2D eigenvalue weighted by Crippen LogP contribution is 2.26. The Hall–Kier alpha value is -1.47. The van der Waals surface area contributed by atoms with Crippen molar-refractivity contribution in [1.82, 2.24) is 9.29 Å². The van der Waals surface area contributed by atoms with Crippen molar-refractivity contribution in [1.29, 1.82) is 0 Å². The van der Waals surface area contributed by atoms with E-state index in [1.165, 1.54) is 22.8 Å². The monoisotopic (exact) mass is 284 g/mol. The second-order valence-corrected chi connectivity index (χ2v) is 6.44. The number of sulfonamides is 1. The van der Waals surface area contributed by atoms with Gasteiger partial charge in [0.1, 0.15) is 4.90 Å². The van der Waals surface area contributed by atoms with E-state index in [1.54, 1.807) is 6.07 Å². The van der Waals surface area contributed by atoms with Gasteiger partial charge in [0.2, 0.25) is 10.0 Å². The van der Waals surface area contributed by atoms with Gasteiger partial charge in [-0.2, -0.15) is 4.31 Å². The van der Waals surface area contributed by atoms with Gasteiger partial charge in [-0.1, -0.05) is 6.42 Å². The van der Waals surface area contributed by atoms with Crippen LogP contribution in [0.2, 0.25) is 0 Å². The molecule has 0 amide bonds. The van der Waals surface area contributed by atoms with E-state index in [2.05, 4.69) is 4.98 Å². The van der Waals surface area contributed by atoms with Crippen molar-refractivity contribution < 1.29 is 18.3 Å². The summed E-state index contributed by atoms with van der Waals surface area (Å²) in [5.41, 5.74) is 0. The molecule has 1 atom stereocenters. The molecule has 0 aromatic carbocycles. The summed E-state index contributed by atoms with van der Waals surface area (Å²) in [6.07, 6.45) is 4.85. The van der Waals surface area contributed by atoms with Crippen molar-refractivity contribution in [3.8, 4) is 0 Å².